The molecule has 0 aromatic heterocycles. The van der Waals surface area contributed by atoms with Gasteiger partial charge in [-0.1, -0.05) is 17.7 Å². The molecule has 1 heterocycles. The molecule has 5 nitrogen and oxygen atoms in total. The minimum absolute atomic E-state index is 0.0141. The summed E-state index contributed by atoms with van der Waals surface area (Å²) in [6.07, 6.45) is -0.187. The molecule has 19 heavy (non-hydrogen) atoms. The van der Waals surface area contributed by atoms with Crippen molar-refractivity contribution in [3.05, 3.63) is 29.8 Å². The zero-order chi connectivity index (χ0) is 14.0. The molecule has 5 heteroatoms. The molecule has 0 spiro atoms. The SMILES string of the molecule is Cc1ccc(N2C(=O)C(CC(=O)O)NCC2C)cc1. The first kappa shape index (κ1) is 13.5. The Kier molecular flexibility index (Phi) is 3.85. The van der Waals surface area contributed by atoms with Crippen LogP contribution in [0, 0.1) is 6.92 Å². The highest BCUT2D eigenvalue weighted by molar-refractivity contribution is 6.00. The molecule has 1 aliphatic heterocycles. The number of anilines is 1. The van der Waals surface area contributed by atoms with Gasteiger partial charge in [0, 0.05) is 18.3 Å². The number of hydrogen-bond acceptors (Lipinski definition) is 3. The summed E-state index contributed by atoms with van der Waals surface area (Å²) in [5, 5.41) is 11.8. The largest absolute Gasteiger partial charge is 0.481 e. The van der Waals surface area contributed by atoms with E-state index in [2.05, 4.69) is 5.32 Å². The van der Waals surface area contributed by atoms with Gasteiger partial charge in [-0.2, -0.15) is 0 Å². The summed E-state index contributed by atoms with van der Waals surface area (Å²) in [6, 6.07) is 7.06. The molecule has 2 unspecified atom stereocenters. The van der Waals surface area contributed by atoms with E-state index in [0.29, 0.717) is 6.54 Å². The van der Waals surface area contributed by atoms with E-state index in [-0.39, 0.29) is 18.4 Å². The summed E-state index contributed by atoms with van der Waals surface area (Å²) in [4.78, 5) is 24.8. The van der Waals surface area contributed by atoms with Gasteiger partial charge in [0.1, 0.15) is 0 Å². The zero-order valence-electron chi connectivity index (χ0n) is 11.1. The van der Waals surface area contributed by atoms with Gasteiger partial charge in [0.25, 0.3) is 0 Å². The van der Waals surface area contributed by atoms with Crippen LogP contribution in [0.1, 0.15) is 18.9 Å². The van der Waals surface area contributed by atoms with E-state index in [1.54, 1.807) is 4.90 Å². The molecule has 0 saturated carbocycles. The van der Waals surface area contributed by atoms with Gasteiger partial charge in [-0.25, -0.2) is 0 Å². The molecule has 1 aromatic rings. The van der Waals surface area contributed by atoms with Crippen LogP contribution in [0.2, 0.25) is 0 Å². The Balaban J connectivity index is 2.23. The number of aliphatic carboxylic acids is 1. The number of carboxylic acid groups (broad SMARTS) is 1. The molecular formula is C14H18N2O3. The molecule has 1 fully saturated rings. The highest BCUT2D eigenvalue weighted by Crippen LogP contribution is 2.22. The van der Waals surface area contributed by atoms with Gasteiger partial charge in [0.05, 0.1) is 12.5 Å². The smallest absolute Gasteiger partial charge is 0.305 e. The van der Waals surface area contributed by atoms with Crippen molar-refractivity contribution >= 4 is 17.6 Å². The molecule has 0 bridgehead atoms. The quantitative estimate of drug-likeness (QED) is 0.857. The summed E-state index contributed by atoms with van der Waals surface area (Å²) in [6.45, 7) is 4.53. The Morgan fingerprint density at radius 2 is 2.05 bits per heavy atom. The number of carboxylic acids is 1. The highest BCUT2D eigenvalue weighted by atomic mass is 16.4. The van der Waals surface area contributed by atoms with Crippen LogP contribution in [0.15, 0.2) is 24.3 Å². The second kappa shape index (κ2) is 5.40. The van der Waals surface area contributed by atoms with Crippen molar-refractivity contribution < 1.29 is 14.7 Å². The van der Waals surface area contributed by atoms with E-state index >= 15 is 0 Å². The van der Waals surface area contributed by atoms with Crippen LogP contribution in [-0.4, -0.2) is 35.6 Å². The monoisotopic (exact) mass is 262 g/mol. The molecule has 2 N–H and O–H groups in total. The number of benzene rings is 1. The van der Waals surface area contributed by atoms with E-state index in [0.717, 1.165) is 11.3 Å². The van der Waals surface area contributed by atoms with Crippen LogP contribution in [0.4, 0.5) is 5.69 Å². The van der Waals surface area contributed by atoms with Crippen LogP contribution in [0.3, 0.4) is 0 Å². The maximum absolute atomic E-state index is 12.4. The first-order chi connectivity index (χ1) is 8.99. The normalized spacial score (nSPS) is 23.5. The number of carbonyl (C=O) groups excluding carboxylic acids is 1. The third-order valence-corrected chi connectivity index (χ3v) is 3.33. The number of rotatable bonds is 3. The lowest BCUT2D eigenvalue weighted by Gasteiger charge is -2.38. The number of piperazine rings is 1. The van der Waals surface area contributed by atoms with Crippen molar-refractivity contribution in [3.63, 3.8) is 0 Å². The minimum Gasteiger partial charge on any atom is -0.481 e. The summed E-state index contributed by atoms with van der Waals surface area (Å²) < 4.78 is 0. The van der Waals surface area contributed by atoms with E-state index < -0.39 is 12.0 Å². The molecule has 102 valence electrons. The minimum atomic E-state index is -0.968. The maximum Gasteiger partial charge on any atom is 0.305 e. The Labute approximate surface area is 112 Å². The molecule has 2 atom stereocenters. The fourth-order valence-electron chi connectivity index (χ4n) is 2.30. The van der Waals surface area contributed by atoms with Gasteiger partial charge in [-0.15, -0.1) is 0 Å². The average Bonchev–Trinajstić information content (AvgIpc) is 2.35. The van der Waals surface area contributed by atoms with E-state index in [1.807, 2.05) is 38.1 Å². The van der Waals surface area contributed by atoms with Gasteiger partial charge < -0.3 is 15.3 Å². The molecular weight excluding hydrogens is 244 g/mol. The maximum atomic E-state index is 12.4. The van der Waals surface area contributed by atoms with Gasteiger partial charge in [0.15, 0.2) is 0 Å². The fourth-order valence-corrected chi connectivity index (χ4v) is 2.30. The Morgan fingerprint density at radius 3 is 2.63 bits per heavy atom. The van der Waals surface area contributed by atoms with Crippen LogP contribution in [0.25, 0.3) is 0 Å². The third-order valence-electron chi connectivity index (χ3n) is 3.33. The topological polar surface area (TPSA) is 69.6 Å². The van der Waals surface area contributed by atoms with E-state index in [1.165, 1.54) is 0 Å². The van der Waals surface area contributed by atoms with Crippen LogP contribution in [-0.2, 0) is 9.59 Å². The van der Waals surface area contributed by atoms with Gasteiger partial charge >= 0.3 is 5.97 Å². The van der Waals surface area contributed by atoms with E-state index in [4.69, 9.17) is 5.11 Å². The van der Waals surface area contributed by atoms with Crippen molar-refractivity contribution in [2.45, 2.75) is 32.4 Å². The molecule has 2 rings (SSSR count). The molecule has 1 aromatic carbocycles. The van der Waals surface area contributed by atoms with Crippen molar-refractivity contribution in [2.75, 3.05) is 11.4 Å². The standard InChI is InChI=1S/C14H18N2O3/c1-9-3-5-11(6-4-9)16-10(2)8-15-12(14(16)19)7-13(17)18/h3-6,10,12,15H,7-8H2,1-2H3,(H,17,18). The van der Waals surface area contributed by atoms with Crippen molar-refractivity contribution in [2.24, 2.45) is 0 Å². The van der Waals surface area contributed by atoms with Crippen molar-refractivity contribution in [1.29, 1.82) is 0 Å². The van der Waals surface area contributed by atoms with Crippen LogP contribution >= 0.6 is 0 Å². The number of nitrogens with one attached hydrogen (secondary N) is 1. The van der Waals surface area contributed by atoms with Crippen molar-refractivity contribution in [3.8, 4) is 0 Å². The lowest BCUT2D eigenvalue weighted by Crippen LogP contribution is -2.60. The Morgan fingerprint density at radius 1 is 1.42 bits per heavy atom. The number of aryl methyl sites for hydroxylation is 1. The first-order valence-corrected chi connectivity index (χ1v) is 6.34. The second-order valence-electron chi connectivity index (χ2n) is 4.95. The number of amides is 1. The zero-order valence-corrected chi connectivity index (χ0v) is 11.1. The fraction of sp³-hybridized carbons (Fsp3) is 0.429. The lowest BCUT2D eigenvalue weighted by molar-refractivity contribution is -0.140. The lowest BCUT2D eigenvalue weighted by atomic mass is 10.0. The molecule has 0 aliphatic carbocycles. The first-order valence-electron chi connectivity index (χ1n) is 6.34. The van der Waals surface area contributed by atoms with Crippen LogP contribution in [0.5, 0.6) is 0 Å². The Hall–Kier alpha value is -1.88. The summed E-state index contributed by atoms with van der Waals surface area (Å²) in [5.41, 5.74) is 1.95. The van der Waals surface area contributed by atoms with Gasteiger partial charge in [0.2, 0.25) is 5.91 Å². The van der Waals surface area contributed by atoms with Gasteiger partial charge in [-0.05, 0) is 26.0 Å². The van der Waals surface area contributed by atoms with Crippen molar-refractivity contribution in [1.82, 2.24) is 5.32 Å². The number of carbonyl (C=O) groups is 2. The summed E-state index contributed by atoms with van der Waals surface area (Å²) in [5.74, 6) is -1.14. The molecule has 1 amide bonds. The summed E-state index contributed by atoms with van der Waals surface area (Å²) in [7, 11) is 0. The highest BCUT2D eigenvalue weighted by Gasteiger charge is 2.34. The van der Waals surface area contributed by atoms with E-state index in [9.17, 15) is 9.59 Å². The number of nitrogens with zero attached hydrogens (tertiary/aromatic N) is 1. The molecule has 1 saturated heterocycles. The predicted molar refractivity (Wildman–Crippen MR) is 72.2 cm³/mol. The van der Waals surface area contributed by atoms with Gasteiger partial charge in [-0.3, -0.25) is 9.59 Å². The average molecular weight is 262 g/mol. The second-order valence-corrected chi connectivity index (χ2v) is 4.95. The predicted octanol–water partition coefficient (Wildman–Crippen LogP) is 1.16. The molecule has 1 aliphatic rings. The number of hydrogen-bond donors (Lipinski definition) is 2. The van der Waals surface area contributed by atoms with Crippen LogP contribution < -0.4 is 10.2 Å². The third kappa shape index (κ3) is 2.93. The Bertz CT molecular complexity index is 484. The summed E-state index contributed by atoms with van der Waals surface area (Å²) >= 11 is 0. The molecule has 0 radical (unpaired) electrons.